The SMILES string of the molecule is NS(=O)(=O)c1ccc(OC2CCCCC2)c(F)c1. The first-order chi connectivity index (χ1) is 8.47. The third-order valence-corrected chi connectivity index (χ3v) is 3.99. The second-order valence-electron chi connectivity index (χ2n) is 4.52. The van der Waals surface area contributed by atoms with E-state index >= 15 is 0 Å². The van der Waals surface area contributed by atoms with E-state index in [4.69, 9.17) is 9.88 Å². The van der Waals surface area contributed by atoms with Gasteiger partial charge in [0.15, 0.2) is 11.6 Å². The lowest BCUT2D eigenvalue weighted by molar-refractivity contribution is 0.148. The van der Waals surface area contributed by atoms with E-state index in [1.165, 1.54) is 18.6 Å². The summed E-state index contributed by atoms with van der Waals surface area (Å²) in [6, 6.07) is 3.48. The van der Waals surface area contributed by atoms with E-state index in [0.717, 1.165) is 31.7 Å². The molecule has 1 aromatic carbocycles. The van der Waals surface area contributed by atoms with Crippen LogP contribution in [0.5, 0.6) is 5.75 Å². The van der Waals surface area contributed by atoms with Gasteiger partial charge in [-0.05, 0) is 43.9 Å². The Kier molecular flexibility index (Phi) is 3.87. The van der Waals surface area contributed by atoms with E-state index in [0.29, 0.717) is 0 Å². The van der Waals surface area contributed by atoms with Crippen LogP contribution in [0.15, 0.2) is 23.1 Å². The number of hydrogen-bond acceptors (Lipinski definition) is 3. The van der Waals surface area contributed by atoms with Gasteiger partial charge in [0, 0.05) is 0 Å². The molecule has 18 heavy (non-hydrogen) atoms. The topological polar surface area (TPSA) is 69.4 Å². The first kappa shape index (κ1) is 13.3. The van der Waals surface area contributed by atoms with Crippen molar-refractivity contribution < 1.29 is 17.5 Å². The quantitative estimate of drug-likeness (QED) is 0.917. The first-order valence-electron chi connectivity index (χ1n) is 5.96. The largest absolute Gasteiger partial charge is 0.487 e. The lowest BCUT2D eigenvalue weighted by Crippen LogP contribution is -2.20. The molecular weight excluding hydrogens is 257 g/mol. The van der Waals surface area contributed by atoms with Crippen molar-refractivity contribution in [3.63, 3.8) is 0 Å². The van der Waals surface area contributed by atoms with Gasteiger partial charge in [-0.2, -0.15) is 0 Å². The van der Waals surface area contributed by atoms with Crippen molar-refractivity contribution in [2.45, 2.75) is 43.1 Å². The zero-order valence-electron chi connectivity index (χ0n) is 9.93. The van der Waals surface area contributed by atoms with Crippen LogP contribution in [0.1, 0.15) is 32.1 Å². The molecule has 1 aromatic rings. The van der Waals surface area contributed by atoms with E-state index in [1.807, 2.05) is 0 Å². The Morgan fingerprint density at radius 2 is 1.89 bits per heavy atom. The molecular formula is C12H16FNO3S. The van der Waals surface area contributed by atoms with Gasteiger partial charge in [-0.1, -0.05) is 6.42 Å². The monoisotopic (exact) mass is 273 g/mol. The summed E-state index contributed by atoms with van der Waals surface area (Å²) < 4.78 is 41.3. The van der Waals surface area contributed by atoms with Crippen LogP contribution in [0.3, 0.4) is 0 Å². The summed E-state index contributed by atoms with van der Waals surface area (Å²) in [6.45, 7) is 0. The van der Waals surface area contributed by atoms with Gasteiger partial charge in [-0.25, -0.2) is 17.9 Å². The molecule has 0 amide bonds. The number of halogens is 1. The second-order valence-corrected chi connectivity index (χ2v) is 6.08. The predicted molar refractivity (Wildman–Crippen MR) is 65.3 cm³/mol. The molecule has 0 spiro atoms. The van der Waals surface area contributed by atoms with Crippen LogP contribution in [0, 0.1) is 5.82 Å². The van der Waals surface area contributed by atoms with Crippen molar-refractivity contribution in [2.75, 3.05) is 0 Å². The molecule has 1 fully saturated rings. The predicted octanol–water partition coefficient (Wildman–Crippen LogP) is 2.18. The lowest BCUT2D eigenvalue weighted by Gasteiger charge is -2.23. The van der Waals surface area contributed by atoms with Gasteiger partial charge >= 0.3 is 0 Å². The highest BCUT2D eigenvalue weighted by molar-refractivity contribution is 7.89. The number of primary sulfonamides is 1. The smallest absolute Gasteiger partial charge is 0.238 e. The molecule has 0 aromatic heterocycles. The van der Waals surface area contributed by atoms with Crippen LogP contribution in [0.25, 0.3) is 0 Å². The van der Waals surface area contributed by atoms with E-state index in [1.54, 1.807) is 0 Å². The Balaban J connectivity index is 2.14. The average molecular weight is 273 g/mol. The number of benzene rings is 1. The Labute approximate surface area is 106 Å². The fourth-order valence-corrected chi connectivity index (χ4v) is 2.64. The van der Waals surface area contributed by atoms with E-state index in [2.05, 4.69) is 0 Å². The van der Waals surface area contributed by atoms with Gasteiger partial charge in [0.05, 0.1) is 11.0 Å². The number of nitrogens with two attached hydrogens (primary N) is 1. The maximum Gasteiger partial charge on any atom is 0.238 e. The Morgan fingerprint density at radius 1 is 1.22 bits per heavy atom. The molecule has 1 saturated carbocycles. The summed E-state index contributed by atoms with van der Waals surface area (Å²) in [5.41, 5.74) is 0. The fourth-order valence-electron chi connectivity index (χ4n) is 2.12. The molecule has 0 bridgehead atoms. The molecule has 1 aliphatic carbocycles. The molecule has 2 N–H and O–H groups in total. The molecule has 6 heteroatoms. The third kappa shape index (κ3) is 3.20. The van der Waals surface area contributed by atoms with Gasteiger partial charge in [0.1, 0.15) is 0 Å². The minimum Gasteiger partial charge on any atom is -0.487 e. The summed E-state index contributed by atoms with van der Waals surface area (Å²) in [5.74, 6) is -0.596. The summed E-state index contributed by atoms with van der Waals surface area (Å²) in [6.07, 6.45) is 5.20. The standard InChI is InChI=1S/C12H16FNO3S/c13-11-8-10(18(14,15)16)6-7-12(11)17-9-4-2-1-3-5-9/h6-9H,1-5H2,(H2,14,15,16). The van der Waals surface area contributed by atoms with Crippen molar-refractivity contribution in [1.29, 1.82) is 0 Å². The van der Waals surface area contributed by atoms with Crippen molar-refractivity contribution >= 4 is 10.0 Å². The normalized spacial score (nSPS) is 17.7. The van der Waals surface area contributed by atoms with Gasteiger partial charge in [0.2, 0.25) is 10.0 Å². The summed E-state index contributed by atoms with van der Waals surface area (Å²) in [5, 5.41) is 4.92. The fraction of sp³-hybridized carbons (Fsp3) is 0.500. The first-order valence-corrected chi connectivity index (χ1v) is 7.50. The molecule has 0 atom stereocenters. The van der Waals surface area contributed by atoms with Crippen molar-refractivity contribution in [3.05, 3.63) is 24.0 Å². The Hall–Kier alpha value is -1.14. The molecule has 0 heterocycles. The molecule has 100 valence electrons. The molecule has 4 nitrogen and oxygen atoms in total. The average Bonchev–Trinajstić information content (AvgIpc) is 2.32. The summed E-state index contributed by atoms with van der Waals surface area (Å²) in [7, 11) is -3.87. The van der Waals surface area contributed by atoms with Crippen LogP contribution in [0.4, 0.5) is 4.39 Å². The van der Waals surface area contributed by atoms with Gasteiger partial charge < -0.3 is 4.74 Å². The maximum absolute atomic E-state index is 13.7. The summed E-state index contributed by atoms with van der Waals surface area (Å²) in [4.78, 5) is -0.240. The number of ether oxygens (including phenoxy) is 1. The van der Waals surface area contributed by atoms with Crippen molar-refractivity contribution in [1.82, 2.24) is 0 Å². The number of hydrogen-bond donors (Lipinski definition) is 1. The van der Waals surface area contributed by atoms with E-state index < -0.39 is 15.8 Å². The van der Waals surface area contributed by atoms with Crippen molar-refractivity contribution in [3.8, 4) is 5.75 Å². The zero-order valence-corrected chi connectivity index (χ0v) is 10.7. The molecule has 0 aliphatic heterocycles. The van der Waals surface area contributed by atoms with E-state index in [-0.39, 0.29) is 16.7 Å². The second kappa shape index (κ2) is 5.24. The molecule has 2 rings (SSSR count). The van der Waals surface area contributed by atoms with Gasteiger partial charge in [-0.3, -0.25) is 0 Å². The number of sulfonamides is 1. The highest BCUT2D eigenvalue weighted by Gasteiger charge is 2.18. The molecule has 1 aliphatic rings. The Bertz CT molecular complexity index is 524. The highest BCUT2D eigenvalue weighted by atomic mass is 32.2. The van der Waals surface area contributed by atoms with Crippen LogP contribution >= 0.6 is 0 Å². The highest BCUT2D eigenvalue weighted by Crippen LogP contribution is 2.26. The Morgan fingerprint density at radius 3 is 2.44 bits per heavy atom. The number of rotatable bonds is 3. The van der Waals surface area contributed by atoms with Gasteiger partial charge in [0.25, 0.3) is 0 Å². The maximum atomic E-state index is 13.7. The van der Waals surface area contributed by atoms with Crippen LogP contribution in [-0.2, 0) is 10.0 Å². The third-order valence-electron chi connectivity index (χ3n) is 3.08. The zero-order chi connectivity index (χ0) is 13.2. The minimum absolute atomic E-state index is 0.0218. The van der Waals surface area contributed by atoms with Crippen molar-refractivity contribution in [2.24, 2.45) is 5.14 Å². The molecule has 0 unspecified atom stereocenters. The molecule has 0 radical (unpaired) electrons. The van der Waals surface area contributed by atoms with Gasteiger partial charge in [-0.15, -0.1) is 0 Å². The minimum atomic E-state index is -3.87. The summed E-state index contributed by atoms with van der Waals surface area (Å²) >= 11 is 0. The van der Waals surface area contributed by atoms with Crippen LogP contribution in [-0.4, -0.2) is 14.5 Å². The van der Waals surface area contributed by atoms with E-state index in [9.17, 15) is 12.8 Å². The van der Waals surface area contributed by atoms with Crippen LogP contribution < -0.4 is 9.88 Å². The molecule has 0 saturated heterocycles. The lowest BCUT2D eigenvalue weighted by atomic mass is 9.98. The van der Waals surface area contributed by atoms with Crippen LogP contribution in [0.2, 0.25) is 0 Å².